The SMILES string of the molecule is C[O][Sn]([CH3])([CH3])[O][Sn]([CH3])([CH3])[O]C. The van der Waals surface area contributed by atoms with Crippen molar-refractivity contribution in [3.8, 4) is 0 Å². The Morgan fingerprint density at radius 2 is 1.00 bits per heavy atom. The molecule has 0 rings (SSSR count). The third-order valence-corrected chi connectivity index (χ3v) is 28.7. The van der Waals surface area contributed by atoms with Crippen LogP contribution in [0.25, 0.3) is 0 Å². The van der Waals surface area contributed by atoms with Gasteiger partial charge in [0.25, 0.3) is 0 Å². The average Bonchev–Trinajstić information content (AvgIpc) is 1.86. The maximum atomic E-state index is 5.90. The van der Waals surface area contributed by atoms with Crippen molar-refractivity contribution < 1.29 is 7.56 Å². The molecular weight excluding hydrogens is 357 g/mol. The van der Waals surface area contributed by atoms with E-state index in [4.69, 9.17) is 7.56 Å². The number of rotatable bonds is 4. The van der Waals surface area contributed by atoms with Crippen molar-refractivity contribution >= 4 is 38.4 Å². The molecular formula is C6H18O3Sn2. The van der Waals surface area contributed by atoms with Gasteiger partial charge in [0.15, 0.2) is 0 Å². The van der Waals surface area contributed by atoms with E-state index in [0.29, 0.717) is 0 Å². The van der Waals surface area contributed by atoms with Crippen LogP contribution < -0.4 is 0 Å². The van der Waals surface area contributed by atoms with Crippen LogP contribution in [0.5, 0.6) is 0 Å². The predicted octanol–water partition coefficient (Wildman–Crippen LogP) is 1.70. The van der Waals surface area contributed by atoms with Gasteiger partial charge >= 0.3 is 79.9 Å². The van der Waals surface area contributed by atoms with Gasteiger partial charge < -0.3 is 0 Å². The van der Waals surface area contributed by atoms with E-state index in [-0.39, 0.29) is 0 Å². The summed E-state index contributed by atoms with van der Waals surface area (Å²) in [6.45, 7) is 0. The Balaban J connectivity index is 4.02. The zero-order valence-corrected chi connectivity index (χ0v) is 13.9. The van der Waals surface area contributed by atoms with Crippen LogP contribution >= 0.6 is 0 Å². The molecule has 11 heavy (non-hydrogen) atoms. The van der Waals surface area contributed by atoms with Crippen molar-refractivity contribution in [2.45, 2.75) is 19.8 Å². The summed E-state index contributed by atoms with van der Waals surface area (Å²) >= 11 is -5.12. The molecule has 0 radical (unpaired) electrons. The van der Waals surface area contributed by atoms with Gasteiger partial charge in [-0.05, 0) is 0 Å². The molecule has 0 amide bonds. The summed E-state index contributed by atoms with van der Waals surface area (Å²) < 4.78 is 16.6. The third kappa shape index (κ3) is 5.68. The summed E-state index contributed by atoms with van der Waals surface area (Å²) in [6, 6.07) is 0. The van der Waals surface area contributed by atoms with Gasteiger partial charge in [-0.3, -0.25) is 0 Å². The van der Waals surface area contributed by atoms with E-state index in [9.17, 15) is 0 Å². The first-order valence-corrected chi connectivity index (χ1v) is 19.7. The van der Waals surface area contributed by atoms with Crippen LogP contribution in [0.3, 0.4) is 0 Å². The van der Waals surface area contributed by atoms with Crippen molar-refractivity contribution in [2.75, 3.05) is 14.2 Å². The molecule has 0 N–H and O–H groups in total. The second-order valence-electron chi connectivity index (χ2n) is 3.31. The van der Waals surface area contributed by atoms with Crippen LogP contribution in [0.4, 0.5) is 0 Å². The first-order valence-electron chi connectivity index (χ1n) is 3.63. The first-order chi connectivity index (χ1) is 4.83. The van der Waals surface area contributed by atoms with Gasteiger partial charge in [0, 0.05) is 0 Å². The monoisotopic (exact) mass is 378 g/mol. The van der Waals surface area contributed by atoms with Gasteiger partial charge in [0.1, 0.15) is 0 Å². The molecule has 0 spiro atoms. The molecule has 0 atom stereocenters. The molecule has 0 aromatic rings. The van der Waals surface area contributed by atoms with Crippen molar-refractivity contribution in [1.29, 1.82) is 0 Å². The Hall–Kier alpha value is 1.48. The molecule has 0 saturated heterocycles. The third-order valence-electron chi connectivity index (χ3n) is 1.47. The second kappa shape index (κ2) is 4.64. The molecule has 68 valence electrons. The molecule has 0 bridgehead atoms. The van der Waals surface area contributed by atoms with E-state index < -0.39 is 38.4 Å². The molecule has 0 aromatic heterocycles. The van der Waals surface area contributed by atoms with E-state index in [1.54, 1.807) is 14.2 Å². The van der Waals surface area contributed by atoms with Crippen molar-refractivity contribution in [3.63, 3.8) is 0 Å². The van der Waals surface area contributed by atoms with Gasteiger partial charge in [0.2, 0.25) is 0 Å². The fraction of sp³-hybridized carbons (Fsp3) is 1.00. The zero-order valence-electron chi connectivity index (χ0n) is 8.22. The maximum absolute atomic E-state index is 5.90. The molecule has 5 heteroatoms. The number of hydrogen-bond acceptors (Lipinski definition) is 3. The Morgan fingerprint density at radius 3 is 1.18 bits per heavy atom. The molecule has 0 aliphatic heterocycles. The summed E-state index contributed by atoms with van der Waals surface area (Å²) in [5, 5.41) is 0. The summed E-state index contributed by atoms with van der Waals surface area (Å²) in [6.07, 6.45) is 0. The van der Waals surface area contributed by atoms with E-state index in [1.165, 1.54) is 0 Å². The fourth-order valence-corrected chi connectivity index (χ4v) is 30.4. The topological polar surface area (TPSA) is 27.7 Å². The second-order valence-corrected chi connectivity index (χ2v) is 26.1. The summed E-state index contributed by atoms with van der Waals surface area (Å²) in [5.74, 6) is 0. The molecule has 0 saturated carbocycles. The summed E-state index contributed by atoms with van der Waals surface area (Å²) in [4.78, 5) is 8.41. The molecule has 0 aliphatic rings. The molecule has 3 nitrogen and oxygen atoms in total. The number of hydrogen-bond donors (Lipinski definition) is 0. The molecule has 0 aliphatic carbocycles. The normalized spacial score (nSPS) is 13.6. The van der Waals surface area contributed by atoms with E-state index in [1.807, 2.05) is 0 Å². The van der Waals surface area contributed by atoms with Gasteiger partial charge in [-0.25, -0.2) is 0 Å². The van der Waals surface area contributed by atoms with Gasteiger partial charge in [-0.2, -0.15) is 0 Å². The quantitative estimate of drug-likeness (QED) is 0.700. The minimum atomic E-state index is -2.56. The van der Waals surface area contributed by atoms with Crippen molar-refractivity contribution in [2.24, 2.45) is 0 Å². The summed E-state index contributed by atoms with van der Waals surface area (Å²) in [5.41, 5.74) is 0. The summed E-state index contributed by atoms with van der Waals surface area (Å²) in [7, 11) is 3.46. The fourth-order valence-electron chi connectivity index (χ4n) is 0.675. The van der Waals surface area contributed by atoms with E-state index >= 15 is 0 Å². The van der Waals surface area contributed by atoms with Crippen LogP contribution in [-0.4, -0.2) is 52.6 Å². The zero-order chi connectivity index (χ0) is 9.12. The Labute approximate surface area is 79.3 Å². The van der Waals surface area contributed by atoms with Crippen LogP contribution in [0.15, 0.2) is 0 Å². The molecule has 0 unspecified atom stereocenters. The van der Waals surface area contributed by atoms with Crippen LogP contribution in [-0.2, 0) is 7.56 Å². The predicted molar refractivity (Wildman–Crippen MR) is 50.1 cm³/mol. The Bertz CT molecular complexity index is 111. The van der Waals surface area contributed by atoms with Crippen molar-refractivity contribution in [1.82, 2.24) is 0 Å². The van der Waals surface area contributed by atoms with Crippen LogP contribution in [0, 0.1) is 0 Å². The van der Waals surface area contributed by atoms with Gasteiger partial charge in [-0.15, -0.1) is 0 Å². The first kappa shape index (κ1) is 12.5. The Kier molecular flexibility index (Phi) is 5.26. The molecule has 0 aromatic carbocycles. The van der Waals surface area contributed by atoms with Crippen LogP contribution in [0.1, 0.15) is 0 Å². The minimum absolute atomic E-state index is 1.73. The molecule has 0 heterocycles. The Morgan fingerprint density at radius 1 is 0.727 bits per heavy atom. The van der Waals surface area contributed by atoms with Crippen LogP contribution in [0.2, 0.25) is 19.8 Å². The van der Waals surface area contributed by atoms with Crippen molar-refractivity contribution in [3.05, 3.63) is 0 Å². The van der Waals surface area contributed by atoms with Gasteiger partial charge in [0.05, 0.1) is 0 Å². The average molecular weight is 376 g/mol. The van der Waals surface area contributed by atoms with E-state index in [0.717, 1.165) is 0 Å². The standard InChI is InChI=1S/2CH3O.4CH3.O.2Sn/c2*1-2;;;;;;;/h2*1H3;4*1H3;;;/q2*-1;;;;;;2*+1. The van der Waals surface area contributed by atoms with Gasteiger partial charge in [-0.1, -0.05) is 0 Å². The molecule has 0 fully saturated rings. The van der Waals surface area contributed by atoms with E-state index in [2.05, 4.69) is 19.8 Å².